The van der Waals surface area contributed by atoms with Crippen molar-refractivity contribution in [1.29, 1.82) is 0 Å². The second-order valence-corrected chi connectivity index (χ2v) is 2.79. The van der Waals surface area contributed by atoms with Crippen molar-refractivity contribution in [3.05, 3.63) is 0 Å². The summed E-state index contributed by atoms with van der Waals surface area (Å²) < 4.78 is 28.9. The number of rotatable bonds is 6. The molecule has 0 aromatic carbocycles. The molecule has 0 aromatic rings. The van der Waals surface area contributed by atoms with Crippen molar-refractivity contribution < 1.29 is 13.5 Å². The maximum absolute atomic E-state index is 11.9. The van der Waals surface area contributed by atoms with Crippen LogP contribution >= 0.6 is 0 Å². The number of alkyl halides is 2. The summed E-state index contributed by atoms with van der Waals surface area (Å²) in [5.74, 6) is 0. The Balaban J connectivity index is 3.66. The zero-order valence-corrected chi connectivity index (χ0v) is 7.89. The van der Waals surface area contributed by atoms with E-state index in [0.717, 1.165) is 0 Å². The van der Waals surface area contributed by atoms with Crippen molar-refractivity contribution >= 4 is 0 Å². The van der Waals surface area contributed by atoms with Crippen molar-refractivity contribution in [1.82, 2.24) is 4.90 Å². The van der Waals surface area contributed by atoms with Gasteiger partial charge in [0, 0.05) is 13.7 Å². The first-order chi connectivity index (χ1) is 5.60. The van der Waals surface area contributed by atoms with Crippen LogP contribution in [0.25, 0.3) is 0 Å². The molecule has 0 rings (SSSR count). The molecule has 4 heteroatoms. The van der Waals surface area contributed by atoms with Gasteiger partial charge in [0.1, 0.15) is 0 Å². The third-order valence-electron chi connectivity index (χ3n) is 1.76. The molecule has 0 aliphatic rings. The van der Waals surface area contributed by atoms with Gasteiger partial charge in [-0.3, -0.25) is 4.90 Å². The largest absolute Gasteiger partial charge is 0.380 e. The van der Waals surface area contributed by atoms with Crippen molar-refractivity contribution in [2.75, 3.05) is 26.7 Å². The lowest BCUT2D eigenvalue weighted by atomic mass is 10.3. The molecular formula is C8H17F2NO. The first-order valence-electron chi connectivity index (χ1n) is 4.13. The van der Waals surface area contributed by atoms with Crippen molar-refractivity contribution in [2.45, 2.75) is 26.4 Å². The molecular weight excluding hydrogens is 164 g/mol. The molecule has 0 fully saturated rings. The molecule has 0 aromatic heterocycles. The predicted octanol–water partition coefficient (Wildman–Crippen LogP) is 1.61. The molecule has 0 saturated carbocycles. The van der Waals surface area contributed by atoms with Crippen LogP contribution in [0.15, 0.2) is 0 Å². The van der Waals surface area contributed by atoms with Gasteiger partial charge in [-0.05, 0) is 13.5 Å². The molecule has 0 spiro atoms. The topological polar surface area (TPSA) is 12.5 Å². The zero-order chi connectivity index (χ0) is 9.56. The van der Waals surface area contributed by atoms with Crippen LogP contribution in [0.2, 0.25) is 0 Å². The van der Waals surface area contributed by atoms with Gasteiger partial charge in [0.2, 0.25) is 0 Å². The van der Waals surface area contributed by atoms with Crippen molar-refractivity contribution in [2.24, 2.45) is 0 Å². The fourth-order valence-corrected chi connectivity index (χ4v) is 0.966. The molecule has 1 atom stereocenters. The van der Waals surface area contributed by atoms with Crippen molar-refractivity contribution in [3.8, 4) is 0 Å². The van der Waals surface area contributed by atoms with Crippen molar-refractivity contribution in [3.63, 3.8) is 0 Å². The lowest BCUT2D eigenvalue weighted by Crippen LogP contribution is -2.35. The van der Waals surface area contributed by atoms with Crippen LogP contribution in [0.4, 0.5) is 8.78 Å². The maximum Gasteiger partial charge on any atom is 0.251 e. The van der Waals surface area contributed by atoms with Crippen LogP contribution in [-0.4, -0.2) is 44.2 Å². The Kier molecular flexibility index (Phi) is 6.20. The molecule has 0 saturated heterocycles. The number of hydrogen-bond acceptors (Lipinski definition) is 2. The second-order valence-electron chi connectivity index (χ2n) is 2.79. The van der Waals surface area contributed by atoms with Gasteiger partial charge in [-0.1, -0.05) is 6.92 Å². The van der Waals surface area contributed by atoms with Gasteiger partial charge in [-0.2, -0.15) is 0 Å². The SMILES string of the molecule is CCN(CC(F)F)C[C@@H](C)OC. The van der Waals surface area contributed by atoms with Crippen LogP contribution in [0.1, 0.15) is 13.8 Å². The molecule has 0 N–H and O–H groups in total. The van der Waals surface area contributed by atoms with E-state index in [1.165, 1.54) is 0 Å². The monoisotopic (exact) mass is 181 g/mol. The average molecular weight is 181 g/mol. The molecule has 0 aliphatic carbocycles. The van der Waals surface area contributed by atoms with Gasteiger partial charge in [-0.25, -0.2) is 8.78 Å². The van der Waals surface area contributed by atoms with E-state index in [9.17, 15) is 8.78 Å². The van der Waals surface area contributed by atoms with Gasteiger partial charge in [-0.15, -0.1) is 0 Å². The van der Waals surface area contributed by atoms with E-state index in [0.29, 0.717) is 13.1 Å². The summed E-state index contributed by atoms with van der Waals surface area (Å²) in [6.07, 6.45) is -2.24. The quantitative estimate of drug-likeness (QED) is 0.617. The summed E-state index contributed by atoms with van der Waals surface area (Å²) in [5, 5.41) is 0. The Morgan fingerprint density at radius 1 is 1.33 bits per heavy atom. The lowest BCUT2D eigenvalue weighted by molar-refractivity contribution is 0.0437. The number of hydrogen-bond donors (Lipinski definition) is 0. The summed E-state index contributed by atoms with van der Waals surface area (Å²) in [6, 6.07) is 0. The lowest BCUT2D eigenvalue weighted by Gasteiger charge is -2.22. The normalized spacial score (nSPS) is 14.2. The number of likely N-dealkylation sites (N-methyl/N-ethyl adjacent to an activating group) is 1. The number of nitrogens with zero attached hydrogens (tertiary/aromatic N) is 1. The molecule has 74 valence electrons. The number of halogens is 2. The minimum Gasteiger partial charge on any atom is -0.380 e. The van der Waals surface area contributed by atoms with E-state index >= 15 is 0 Å². The third kappa shape index (κ3) is 5.43. The first-order valence-corrected chi connectivity index (χ1v) is 4.13. The Morgan fingerprint density at radius 2 is 1.92 bits per heavy atom. The Morgan fingerprint density at radius 3 is 2.25 bits per heavy atom. The molecule has 0 heterocycles. The van der Waals surface area contributed by atoms with Gasteiger partial charge in [0.05, 0.1) is 12.6 Å². The first kappa shape index (κ1) is 11.8. The maximum atomic E-state index is 11.9. The molecule has 0 amide bonds. The fraction of sp³-hybridized carbons (Fsp3) is 1.00. The van der Waals surface area contributed by atoms with E-state index in [2.05, 4.69) is 0 Å². The molecule has 12 heavy (non-hydrogen) atoms. The van der Waals surface area contributed by atoms with Gasteiger partial charge in [0.15, 0.2) is 0 Å². The van der Waals surface area contributed by atoms with Gasteiger partial charge in [0.25, 0.3) is 6.43 Å². The highest BCUT2D eigenvalue weighted by molar-refractivity contribution is 4.61. The fourth-order valence-electron chi connectivity index (χ4n) is 0.966. The average Bonchev–Trinajstić information content (AvgIpc) is 2.02. The van der Waals surface area contributed by atoms with Crippen LogP contribution in [-0.2, 0) is 4.74 Å². The molecule has 0 aliphatic heterocycles. The summed E-state index contributed by atoms with van der Waals surface area (Å²) in [5.41, 5.74) is 0. The Hall–Kier alpha value is -0.220. The number of methoxy groups -OCH3 is 1. The highest BCUT2D eigenvalue weighted by Crippen LogP contribution is 2.00. The number of ether oxygens (including phenoxy) is 1. The Bertz CT molecular complexity index is 111. The van der Waals surface area contributed by atoms with Gasteiger partial charge < -0.3 is 4.74 Å². The minimum absolute atomic E-state index is 0.0173. The van der Waals surface area contributed by atoms with Crippen LogP contribution in [0.3, 0.4) is 0 Å². The van der Waals surface area contributed by atoms with E-state index in [4.69, 9.17) is 4.74 Å². The standard InChI is InChI=1S/C8H17F2NO/c1-4-11(6-8(9)10)5-7(2)12-3/h7-8H,4-6H2,1-3H3/t7-/m1/s1. The highest BCUT2D eigenvalue weighted by atomic mass is 19.3. The van der Waals surface area contributed by atoms with E-state index < -0.39 is 6.43 Å². The van der Waals surface area contributed by atoms with E-state index in [1.54, 1.807) is 12.0 Å². The van der Waals surface area contributed by atoms with Crippen LogP contribution in [0.5, 0.6) is 0 Å². The molecule has 0 bridgehead atoms. The Labute approximate surface area is 72.5 Å². The summed E-state index contributed by atoms with van der Waals surface area (Å²) in [4.78, 5) is 1.68. The minimum atomic E-state index is -2.26. The third-order valence-corrected chi connectivity index (χ3v) is 1.76. The summed E-state index contributed by atoms with van der Waals surface area (Å²) in [7, 11) is 1.58. The second kappa shape index (κ2) is 6.31. The molecule has 2 nitrogen and oxygen atoms in total. The predicted molar refractivity (Wildman–Crippen MR) is 44.6 cm³/mol. The molecule has 0 radical (unpaired) electrons. The smallest absolute Gasteiger partial charge is 0.251 e. The van der Waals surface area contributed by atoms with Gasteiger partial charge >= 0.3 is 0 Å². The summed E-state index contributed by atoms with van der Waals surface area (Å²) in [6.45, 7) is 4.78. The van der Waals surface area contributed by atoms with E-state index in [1.807, 2.05) is 13.8 Å². The summed E-state index contributed by atoms with van der Waals surface area (Å²) >= 11 is 0. The zero-order valence-electron chi connectivity index (χ0n) is 7.89. The van der Waals surface area contributed by atoms with E-state index in [-0.39, 0.29) is 12.6 Å². The van der Waals surface area contributed by atoms with Crippen LogP contribution < -0.4 is 0 Å². The molecule has 0 unspecified atom stereocenters. The highest BCUT2D eigenvalue weighted by Gasteiger charge is 2.12. The van der Waals surface area contributed by atoms with Crippen LogP contribution in [0, 0.1) is 0 Å².